The first-order valence-electron chi connectivity index (χ1n) is 12.5. The van der Waals surface area contributed by atoms with Gasteiger partial charge in [0.2, 0.25) is 0 Å². The van der Waals surface area contributed by atoms with Gasteiger partial charge in [-0.05, 0) is 65.5 Å². The van der Waals surface area contributed by atoms with Crippen LogP contribution < -0.4 is 15.5 Å². The Bertz CT molecular complexity index is 1910. The van der Waals surface area contributed by atoms with Crippen molar-refractivity contribution in [2.45, 2.75) is 6.54 Å². The van der Waals surface area contributed by atoms with Gasteiger partial charge in [0.05, 0.1) is 34.4 Å². The maximum atomic E-state index is 6.31. The average Bonchev–Trinajstić information content (AvgIpc) is 3.52. The van der Waals surface area contributed by atoms with Crippen molar-refractivity contribution in [1.29, 1.82) is 0 Å². The number of anilines is 4. The summed E-state index contributed by atoms with van der Waals surface area (Å²) in [6.45, 7) is 1.45. The van der Waals surface area contributed by atoms with Crippen LogP contribution in [0.1, 0.15) is 17.1 Å². The summed E-state index contributed by atoms with van der Waals surface area (Å²) in [4.78, 5) is 2.35. The molecular weight excluding hydrogens is 458 g/mol. The highest BCUT2D eigenvalue weighted by atomic mass is 16.3. The molecule has 0 saturated carbocycles. The minimum Gasteiger partial charge on any atom is -0.458 e. The van der Waals surface area contributed by atoms with Crippen molar-refractivity contribution in [2.75, 3.05) is 16.8 Å². The molecule has 0 aliphatic carbocycles. The summed E-state index contributed by atoms with van der Waals surface area (Å²) in [5.41, 5.74) is 7.09. The number of benzene rings is 4. The third kappa shape index (κ3) is 3.04. The largest absolute Gasteiger partial charge is 0.458 e. The molecule has 6 aromatic rings. The normalized spacial score (nSPS) is 13.9. The Morgan fingerprint density at radius 1 is 0.730 bits per heavy atom. The fourth-order valence-electron chi connectivity index (χ4n) is 5.67. The summed E-state index contributed by atoms with van der Waals surface area (Å²) in [6.07, 6.45) is 8.25. The van der Waals surface area contributed by atoms with Gasteiger partial charge in [-0.2, -0.15) is 0 Å². The molecule has 8 rings (SSSR count). The quantitative estimate of drug-likeness (QED) is 0.266. The first-order valence-corrected chi connectivity index (χ1v) is 12.5. The van der Waals surface area contributed by atoms with E-state index in [0.29, 0.717) is 6.54 Å². The van der Waals surface area contributed by atoms with Crippen LogP contribution in [0.15, 0.2) is 100.0 Å². The zero-order chi connectivity index (χ0) is 24.3. The van der Waals surface area contributed by atoms with Crippen LogP contribution >= 0.6 is 0 Å². The number of hydrogen-bond acceptors (Lipinski definition) is 5. The molecule has 0 radical (unpaired) electrons. The molecule has 2 aliphatic heterocycles. The van der Waals surface area contributed by atoms with Crippen LogP contribution in [0, 0.1) is 0 Å². The van der Waals surface area contributed by atoms with Gasteiger partial charge in [0, 0.05) is 17.8 Å². The highest BCUT2D eigenvalue weighted by Gasteiger charge is 2.26. The lowest BCUT2D eigenvalue weighted by Gasteiger charge is -2.28. The highest BCUT2D eigenvalue weighted by molar-refractivity contribution is 6.11. The van der Waals surface area contributed by atoms with Gasteiger partial charge < -0.3 is 24.4 Å². The first-order chi connectivity index (χ1) is 18.3. The van der Waals surface area contributed by atoms with Crippen LogP contribution in [-0.2, 0) is 6.54 Å². The number of hydrogen-bond donors (Lipinski definition) is 2. The molecule has 0 atom stereocenters. The van der Waals surface area contributed by atoms with Gasteiger partial charge in [-0.25, -0.2) is 0 Å². The van der Waals surface area contributed by atoms with E-state index < -0.39 is 0 Å². The second kappa shape index (κ2) is 7.80. The van der Waals surface area contributed by atoms with E-state index in [1.165, 1.54) is 10.8 Å². The van der Waals surface area contributed by atoms with Gasteiger partial charge in [-0.3, -0.25) is 0 Å². The molecule has 0 unspecified atom stereocenters. The van der Waals surface area contributed by atoms with E-state index in [0.717, 1.165) is 68.3 Å². The lowest BCUT2D eigenvalue weighted by atomic mass is 10.0. The second-order valence-corrected chi connectivity index (χ2v) is 9.45. The van der Waals surface area contributed by atoms with Crippen molar-refractivity contribution in [3.8, 4) is 0 Å². The Morgan fingerprint density at radius 2 is 1.54 bits per heavy atom. The average molecular weight is 482 g/mol. The Morgan fingerprint density at radius 3 is 2.43 bits per heavy atom. The number of nitrogens with zero attached hydrogens (tertiary/aromatic N) is 1. The SMILES string of the molecule is C1=Cc2oc3cccc(N(c4ccc5ccccc5c4)c4cccc5oc6c(c45)C=CNC6)c3c2NC1. The minimum absolute atomic E-state index is 0.678. The van der Waals surface area contributed by atoms with Crippen molar-refractivity contribution in [3.63, 3.8) is 0 Å². The van der Waals surface area contributed by atoms with Gasteiger partial charge in [-0.1, -0.05) is 48.5 Å². The van der Waals surface area contributed by atoms with E-state index in [1.54, 1.807) is 0 Å². The van der Waals surface area contributed by atoms with E-state index in [9.17, 15) is 0 Å². The lowest BCUT2D eigenvalue weighted by molar-refractivity contribution is 0.532. The van der Waals surface area contributed by atoms with Crippen LogP contribution in [-0.4, -0.2) is 6.54 Å². The van der Waals surface area contributed by atoms with Gasteiger partial charge in [-0.15, -0.1) is 0 Å². The Hall–Kier alpha value is -4.90. The third-order valence-electron chi connectivity index (χ3n) is 7.30. The summed E-state index contributed by atoms with van der Waals surface area (Å²) in [7, 11) is 0. The predicted octanol–water partition coefficient (Wildman–Crippen LogP) is 8.31. The zero-order valence-electron chi connectivity index (χ0n) is 20.0. The molecule has 0 fully saturated rings. The molecule has 37 heavy (non-hydrogen) atoms. The Kier molecular flexibility index (Phi) is 4.28. The molecule has 2 aliphatic rings. The summed E-state index contributed by atoms with van der Waals surface area (Å²) >= 11 is 0. The van der Waals surface area contributed by atoms with Crippen LogP contribution in [0.5, 0.6) is 0 Å². The summed E-state index contributed by atoms with van der Waals surface area (Å²) < 4.78 is 12.6. The van der Waals surface area contributed by atoms with Crippen molar-refractivity contribution in [1.82, 2.24) is 5.32 Å². The molecule has 178 valence electrons. The van der Waals surface area contributed by atoms with Gasteiger partial charge in [0.1, 0.15) is 16.9 Å². The Balaban J connectivity index is 1.47. The number of fused-ring (bicyclic) bond motifs is 7. The fraction of sp³-hybridized carbons (Fsp3) is 0.0625. The number of rotatable bonds is 3. The molecule has 0 saturated heterocycles. The maximum absolute atomic E-state index is 6.31. The van der Waals surface area contributed by atoms with E-state index in [4.69, 9.17) is 8.83 Å². The molecule has 4 aromatic carbocycles. The van der Waals surface area contributed by atoms with E-state index in [-0.39, 0.29) is 0 Å². The predicted molar refractivity (Wildman–Crippen MR) is 152 cm³/mol. The van der Waals surface area contributed by atoms with Gasteiger partial charge in [0.25, 0.3) is 0 Å². The summed E-state index contributed by atoms with van der Waals surface area (Å²) in [5.74, 6) is 1.81. The third-order valence-corrected chi connectivity index (χ3v) is 7.30. The smallest absolute Gasteiger partial charge is 0.151 e. The van der Waals surface area contributed by atoms with E-state index in [2.05, 4.69) is 107 Å². The van der Waals surface area contributed by atoms with E-state index >= 15 is 0 Å². The second-order valence-electron chi connectivity index (χ2n) is 9.45. The molecule has 5 heteroatoms. The van der Waals surface area contributed by atoms with Crippen molar-refractivity contribution in [3.05, 3.63) is 108 Å². The van der Waals surface area contributed by atoms with Crippen LogP contribution in [0.2, 0.25) is 0 Å². The molecule has 2 N–H and O–H groups in total. The number of furan rings is 2. The first kappa shape index (κ1) is 20.3. The Labute approximate surface area is 213 Å². The van der Waals surface area contributed by atoms with Crippen LogP contribution in [0.25, 0.3) is 44.9 Å². The van der Waals surface area contributed by atoms with Gasteiger partial charge in [0.15, 0.2) is 5.76 Å². The summed E-state index contributed by atoms with van der Waals surface area (Å²) in [6, 6.07) is 27.7. The highest BCUT2D eigenvalue weighted by Crippen LogP contribution is 2.48. The van der Waals surface area contributed by atoms with Crippen molar-refractivity contribution in [2.24, 2.45) is 0 Å². The summed E-state index contributed by atoms with van der Waals surface area (Å²) in [5, 5.41) is 11.4. The number of nitrogens with one attached hydrogen (secondary N) is 2. The minimum atomic E-state index is 0.678. The topological polar surface area (TPSA) is 53.6 Å². The van der Waals surface area contributed by atoms with Crippen molar-refractivity contribution < 1.29 is 8.83 Å². The van der Waals surface area contributed by atoms with Gasteiger partial charge >= 0.3 is 0 Å². The lowest BCUT2D eigenvalue weighted by Crippen LogP contribution is -2.12. The molecule has 0 spiro atoms. The molecule has 5 nitrogen and oxygen atoms in total. The molecule has 4 heterocycles. The molecule has 0 bridgehead atoms. The molecular formula is C32H23N3O2. The fourth-order valence-corrected chi connectivity index (χ4v) is 5.67. The van der Waals surface area contributed by atoms with E-state index in [1.807, 2.05) is 12.3 Å². The van der Waals surface area contributed by atoms with Crippen LogP contribution in [0.4, 0.5) is 22.7 Å². The van der Waals surface area contributed by atoms with Crippen molar-refractivity contribution >= 4 is 67.6 Å². The standard InChI is InChI=1S/C32H23N3O2/c1-2-7-21-18-22(14-13-20(21)6-1)35(24-8-3-10-26-30(24)23-15-17-33-19-29(23)37-26)25-9-4-11-27-31(25)32-28(36-27)12-5-16-34-32/h1-15,17-18,33-34H,16,19H2. The zero-order valence-corrected chi connectivity index (χ0v) is 20.0. The monoisotopic (exact) mass is 481 g/mol. The maximum Gasteiger partial charge on any atom is 0.151 e. The molecule has 0 amide bonds. The molecule has 2 aromatic heterocycles. The van der Waals surface area contributed by atoms with Crippen LogP contribution in [0.3, 0.4) is 0 Å².